The van der Waals surface area contributed by atoms with E-state index in [1.807, 2.05) is 12.2 Å². The predicted molar refractivity (Wildman–Crippen MR) is 112 cm³/mol. The Morgan fingerprint density at radius 2 is 1.83 bits per heavy atom. The molecule has 1 aliphatic carbocycles. The van der Waals surface area contributed by atoms with Gasteiger partial charge in [0.15, 0.2) is 0 Å². The molecular weight excluding hydrogens is 390 g/mol. The normalized spacial score (nSPS) is 16.1. The molecule has 0 bridgehead atoms. The SMILES string of the molecule is CO/N=C1\CCC(/C=C/C(CCCCCOC(C)=O)OC(C)=O)=C1CCC(=O)OC. The number of hydrogen-bond acceptors (Lipinski definition) is 8. The van der Waals surface area contributed by atoms with Crippen LogP contribution in [0.2, 0.25) is 0 Å². The summed E-state index contributed by atoms with van der Waals surface area (Å²) in [5.74, 6) is -0.890. The number of unbranched alkanes of at least 4 members (excludes halogenated alkanes) is 2. The van der Waals surface area contributed by atoms with Gasteiger partial charge in [0.25, 0.3) is 0 Å². The van der Waals surface area contributed by atoms with Gasteiger partial charge >= 0.3 is 17.9 Å². The minimum Gasteiger partial charge on any atom is -0.469 e. The van der Waals surface area contributed by atoms with Gasteiger partial charge in [0.1, 0.15) is 13.2 Å². The lowest BCUT2D eigenvalue weighted by atomic mass is 10.0. The number of carbonyl (C=O) groups is 3. The van der Waals surface area contributed by atoms with E-state index in [4.69, 9.17) is 19.0 Å². The van der Waals surface area contributed by atoms with Crippen molar-refractivity contribution < 1.29 is 33.4 Å². The molecule has 0 aromatic rings. The summed E-state index contributed by atoms with van der Waals surface area (Å²) in [4.78, 5) is 38.7. The van der Waals surface area contributed by atoms with Gasteiger partial charge in [-0.2, -0.15) is 0 Å². The zero-order valence-corrected chi connectivity index (χ0v) is 18.4. The van der Waals surface area contributed by atoms with Crippen LogP contribution in [0, 0.1) is 0 Å². The minimum atomic E-state index is -0.339. The van der Waals surface area contributed by atoms with Crippen LogP contribution < -0.4 is 0 Å². The van der Waals surface area contributed by atoms with Crippen molar-refractivity contribution in [3.05, 3.63) is 23.3 Å². The fourth-order valence-corrected chi connectivity index (χ4v) is 3.24. The molecule has 0 aromatic heterocycles. The Kier molecular flexibility index (Phi) is 12.2. The number of methoxy groups -OCH3 is 1. The van der Waals surface area contributed by atoms with Crippen molar-refractivity contribution in [1.29, 1.82) is 0 Å². The Hall–Kier alpha value is -2.64. The lowest BCUT2D eigenvalue weighted by Crippen LogP contribution is -2.14. The van der Waals surface area contributed by atoms with Crippen LogP contribution >= 0.6 is 0 Å². The second-order valence-electron chi connectivity index (χ2n) is 7.00. The molecule has 8 heteroatoms. The van der Waals surface area contributed by atoms with Crippen molar-refractivity contribution in [2.75, 3.05) is 20.8 Å². The molecule has 1 atom stereocenters. The van der Waals surface area contributed by atoms with E-state index in [9.17, 15) is 14.4 Å². The average Bonchev–Trinajstić information content (AvgIpc) is 3.07. The maximum atomic E-state index is 11.5. The van der Waals surface area contributed by atoms with Crippen LogP contribution in [-0.4, -0.2) is 50.6 Å². The van der Waals surface area contributed by atoms with Crippen LogP contribution in [0.4, 0.5) is 0 Å². The third kappa shape index (κ3) is 10.2. The van der Waals surface area contributed by atoms with Gasteiger partial charge in [0.2, 0.25) is 0 Å². The number of carbonyl (C=O) groups excluding carboxylic acids is 3. The summed E-state index contributed by atoms with van der Waals surface area (Å²) in [7, 11) is 2.86. The second-order valence-corrected chi connectivity index (χ2v) is 7.00. The molecule has 30 heavy (non-hydrogen) atoms. The zero-order valence-electron chi connectivity index (χ0n) is 18.4. The number of hydrogen-bond donors (Lipinski definition) is 0. The lowest BCUT2D eigenvalue weighted by Gasteiger charge is -2.13. The fraction of sp³-hybridized carbons (Fsp3) is 0.636. The minimum absolute atomic E-state index is 0.265. The van der Waals surface area contributed by atoms with Gasteiger partial charge in [0, 0.05) is 20.3 Å². The molecule has 0 spiro atoms. The summed E-state index contributed by atoms with van der Waals surface area (Å²) in [5, 5.41) is 4.08. The largest absolute Gasteiger partial charge is 0.469 e. The Morgan fingerprint density at radius 3 is 2.47 bits per heavy atom. The van der Waals surface area contributed by atoms with Crippen molar-refractivity contribution in [3.63, 3.8) is 0 Å². The van der Waals surface area contributed by atoms with Gasteiger partial charge in [-0.05, 0) is 62.2 Å². The zero-order chi connectivity index (χ0) is 22.4. The molecule has 1 rings (SSSR count). The van der Waals surface area contributed by atoms with E-state index in [2.05, 4.69) is 5.16 Å². The Morgan fingerprint density at radius 1 is 1.07 bits per heavy atom. The molecule has 0 aromatic carbocycles. The third-order valence-corrected chi connectivity index (χ3v) is 4.64. The van der Waals surface area contributed by atoms with Gasteiger partial charge in [-0.25, -0.2) is 0 Å². The molecule has 0 heterocycles. The molecule has 0 saturated heterocycles. The first-order valence-electron chi connectivity index (χ1n) is 10.2. The molecule has 0 N–H and O–H groups in total. The monoisotopic (exact) mass is 423 g/mol. The van der Waals surface area contributed by atoms with Gasteiger partial charge in [0.05, 0.1) is 19.4 Å². The standard InChI is InChI=1S/C22H33NO7/c1-16(24)29-15-7-5-6-8-19(30-17(2)25)11-9-18-10-13-21(23-28-4)20(18)12-14-22(26)27-3/h9,11,19H,5-8,10,12-15H2,1-4H3/b11-9+,23-21+. The molecule has 0 aliphatic heterocycles. The topological polar surface area (TPSA) is 100 Å². The van der Waals surface area contributed by atoms with E-state index in [0.717, 1.165) is 49.0 Å². The summed E-state index contributed by atoms with van der Waals surface area (Å²) < 4.78 is 15.1. The van der Waals surface area contributed by atoms with Crippen molar-refractivity contribution in [1.82, 2.24) is 0 Å². The highest BCUT2D eigenvalue weighted by Crippen LogP contribution is 2.29. The first kappa shape index (κ1) is 25.4. The number of nitrogens with zero attached hydrogens (tertiary/aromatic N) is 1. The van der Waals surface area contributed by atoms with Crippen molar-refractivity contribution in [2.45, 2.75) is 71.3 Å². The number of ether oxygens (including phenoxy) is 3. The molecular formula is C22H33NO7. The van der Waals surface area contributed by atoms with Gasteiger partial charge < -0.3 is 19.0 Å². The molecule has 8 nitrogen and oxygen atoms in total. The van der Waals surface area contributed by atoms with Gasteiger partial charge in [-0.3, -0.25) is 14.4 Å². The highest BCUT2D eigenvalue weighted by Gasteiger charge is 2.21. The summed E-state index contributed by atoms with van der Waals surface area (Å²) >= 11 is 0. The summed E-state index contributed by atoms with van der Waals surface area (Å²) in [5.41, 5.74) is 2.86. The number of esters is 3. The molecule has 1 unspecified atom stereocenters. The van der Waals surface area contributed by atoms with Gasteiger partial charge in [-0.1, -0.05) is 11.2 Å². The van der Waals surface area contributed by atoms with E-state index < -0.39 is 0 Å². The van der Waals surface area contributed by atoms with Crippen LogP contribution in [0.15, 0.2) is 28.5 Å². The highest BCUT2D eigenvalue weighted by atomic mass is 16.6. The average molecular weight is 424 g/mol. The summed E-state index contributed by atoms with van der Waals surface area (Å²) in [6.45, 7) is 3.18. The van der Waals surface area contributed by atoms with E-state index in [1.54, 1.807) is 0 Å². The van der Waals surface area contributed by atoms with E-state index in [0.29, 0.717) is 19.4 Å². The summed E-state index contributed by atoms with van der Waals surface area (Å²) in [6.07, 6.45) is 8.97. The van der Waals surface area contributed by atoms with Gasteiger partial charge in [-0.15, -0.1) is 0 Å². The Bertz CT molecular complexity index is 679. The third-order valence-electron chi connectivity index (χ3n) is 4.64. The maximum absolute atomic E-state index is 11.5. The second kappa shape index (κ2) is 14.4. The smallest absolute Gasteiger partial charge is 0.305 e. The molecule has 1 aliphatic rings. The van der Waals surface area contributed by atoms with Crippen molar-refractivity contribution >= 4 is 23.6 Å². The maximum Gasteiger partial charge on any atom is 0.305 e. The van der Waals surface area contributed by atoms with Crippen LogP contribution in [-0.2, 0) is 33.4 Å². The van der Waals surface area contributed by atoms with Crippen LogP contribution in [0.1, 0.15) is 65.2 Å². The quantitative estimate of drug-likeness (QED) is 0.193. The van der Waals surface area contributed by atoms with E-state index >= 15 is 0 Å². The van der Waals surface area contributed by atoms with Crippen LogP contribution in [0.25, 0.3) is 0 Å². The molecule has 168 valence electrons. The first-order valence-corrected chi connectivity index (χ1v) is 10.2. The summed E-state index contributed by atoms with van der Waals surface area (Å²) in [6, 6.07) is 0. The van der Waals surface area contributed by atoms with E-state index in [1.165, 1.54) is 28.1 Å². The van der Waals surface area contributed by atoms with E-state index in [-0.39, 0.29) is 30.4 Å². The van der Waals surface area contributed by atoms with Crippen molar-refractivity contribution in [2.24, 2.45) is 5.16 Å². The number of oxime groups is 1. The predicted octanol–water partition coefficient (Wildman–Crippen LogP) is 3.64. The fourth-order valence-electron chi connectivity index (χ4n) is 3.24. The highest BCUT2D eigenvalue weighted by molar-refractivity contribution is 6.03. The molecule has 0 fully saturated rings. The molecule has 0 amide bonds. The Balaban J connectivity index is 2.75. The molecule has 0 radical (unpaired) electrons. The van der Waals surface area contributed by atoms with Crippen LogP contribution in [0.3, 0.4) is 0 Å². The number of rotatable bonds is 13. The number of allylic oxidation sites excluding steroid dienone is 3. The van der Waals surface area contributed by atoms with Crippen LogP contribution in [0.5, 0.6) is 0 Å². The lowest BCUT2D eigenvalue weighted by molar-refractivity contribution is -0.145. The van der Waals surface area contributed by atoms with Crippen molar-refractivity contribution in [3.8, 4) is 0 Å². The molecule has 0 saturated carbocycles. The Labute approximate surface area is 178 Å². The first-order chi connectivity index (χ1) is 14.4.